The number of hydrogen-bond acceptors (Lipinski definition) is 4. The van der Waals surface area contributed by atoms with Gasteiger partial charge < -0.3 is 15.8 Å². The Bertz CT molecular complexity index is 630. The molecular weight excluding hydrogens is 326 g/mol. The standard InChI is InChI=1S/C18H23N3O2.ClH/c1-3-11-18(2,19)17(22)21-13-14-9-10-16(20-12-14)23-15-7-5-4-6-8-15;/h4-10,12H,3,11,13,19H2,1-2H3,(H,21,22);1H. The Kier molecular flexibility index (Phi) is 7.68. The van der Waals surface area contributed by atoms with Gasteiger partial charge in [-0.15, -0.1) is 12.4 Å². The minimum absolute atomic E-state index is 0. The molecule has 2 rings (SSSR count). The Balaban J connectivity index is 0.00000288. The van der Waals surface area contributed by atoms with Crippen molar-refractivity contribution in [3.8, 4) is 11.6 Å². The Labute approximate surface area is 149 Å². The first-order valence-electron chi connectivity index (χ1n) is 7.76. The van der Waals surface area contributed by atoms with Crippen LogP contribution in [0, 0.1) is 0 Å². The number of benzene rings is 1. The molecule has 5 nitrogen and oxygen atoms in total. The Morgan fingerprint density at radius 3 is 2.54 bits per heavy atom. The highest BCUT2D eigenvalue weighted by atomic mass is 35.5. The predicted octanol–water partition coefficient (Wildman–Crippen LogP) is 3.43. The number of pyridine rings is 1. The van der Waals surface area contributed by atoms with Crippen molar-refractivity contribution in [2.45, 2.75) is 38.8 Å². The number of nitrogens with two attached hydrogens (primary N) is 1. The van der Waals surface area contributed by atoms with Crippen molar-refractivity contribution < 1.29 is 9.53 Å². The van der Waals surface area contributed by atoms with E-state index < -0.39 is 5.54 Å². The molecule has 2 aromatic rings. The van der Waals surface area contributed by atoms with E-state index in [0.29, 0.717) is 18.8 Å². The van der Waals surface area contributed by atoms with Crippen molar-refractivity contribution in [1.29, 1.82) is 0 Å². The van der Waals surface area contributed by atoms with E-state index in [1.54, 1.807) is 19.2 Å². The number of para-hydroxylation sites is 1. The molecule has 24 heavy (non-hydrogen) atoms. The lowest BCUT2D eigenvalue weighted by Gasteiger charge is -2.22. The first kappa shape index (κ1) is 19.9. The Hall–Kier alpha value is -2.11. The molecule has 0 saturated carbocycles. The summed E-state index contributed by atoms with van der Waals surface area (Å²) in [6.45, 7) is 4.16. The normalized spacial score (nSPS) is 12.6. The van der Waals surface area contributed by atoms with Gasteiger partial charge >= 0.3 is 0 Å². The second kappa shape index (κ2) is 9.25. The van der Waals surface area contributed by atoms with Gasteiger partial charge in [0.2, 0.25) is 11.8 Å². The first-order valence-corrected chi connectivity index (χ1v) is 7.76. The van der Waals surface area contributed by atoms with Crippen molar-refractivity contribution >= 4 is 18.3 Å². The Morgan fingerprint density at radius 1 is 1.25 bits per heavy atom. The van der Waals surface area contributed by atoms with Crippen LogP contribution in [0.3, 0.4) is 0 Å². The minimum atomic E-state index is -0.835. The van der Waals surface area contributed by atoms with Crippen LogP contribution in [0.1, 0.15) is 32.3 Å². The molecule has 1 unspecified atom stereocenters. The molecule has 1 atom stereocenters. The third kappa shape index (κ3) is 5.83. The fourth-order valence-electron chi connectivity index (χ4n) is 2.20. The second-order valence-electron chi connectivity index (χ2n) is 5.77. The zero-order valence-electron chi connectivity index (χ0n) is 14.0. The zero-order chi connectivity index (χ0) is 16.7. The summed E-state index contributed by atoms with van der Waals surface area (Å²) >= 11 is 0. The van der Waals surface area contributed by atoms with Gasteiger partial charge in [0.05, 0.1) is 5.54 Å². The van der Waals surface area contributed by atoms with E-state index in [1.165, 1.54) is 0 Å². The van der Waals surface area contributed by atoms with Crippen LogP contribution in [-0.2, 0) is 11.3 Å². The molecule has 1 aromatic carbocycles. The molecule has 0 saturated heterocycles. The summed E-state index contributed by atoms with van der Waals surface area (Å²) < 4.78 is 5.63. The average Bonchev–Trinajstić information content (AvgIpc) is 2.55. The fraction of sp³-hybridized carbons (Fsp3) is 0.333. The number of nitrogens with zero attached hydrogens (tertiary/aromatic N) is 1. The average molecular weight is 350 g/mol. The number of halogens is 1. The summed E-state index contributed by atoms with van der Waals surface area (Å²) in [7, 11) is 0. The molecule has 1 amide bonds. The van der Waals surface area contributed by atoms with Crippen molar-refractivity contribution in [3.63, 3.8) is 0 Å². The largest absolute Gasteiger partial charge is 0.439 e. The number of nitrogens with one attached hydrogen (secondary N) is 1. The van der Waals surface area contributed by atoms with E-state index in [4.69, 9.17) is 10.5 Å². The molecule has 0 bridgehead atoms. The second-order valence-corrected chi connectivity index (χ2v) is 5.77. The smallest absolute Gasteiger partial charge is 0.240 e. The summed E-state index contributed by atoms with van der Waals surface area (Å²) in [5, 5.41) is 2.85. The summed E-state index contributed by atoms with van der Waals surface area (Å²) in [5.74, 6) is 1.10. The molecule has 0 fully saturated rings. The molecule has 3 N–H and O–H groups in total. The number of ether oxygens (including phenoxy) is 1. The van der Waals surface area contributed by atoms with Crippen molar-refractivity contribution in [3.05, 3.63) is 54.2 Å². The third-order valence-electron chi connectivity index (χ3n) is 3.50. The van der Waals surface area contributed by atoms with Crippen LogP contribution in [0.25, 0.3) is 0 Å². The molecule has 0 aliphatic heterocycles. The molecule has 0 radical (unpaired) electrons. The topological polar surface area (TPSA) is 77.2 Å². The lowest BCUT2D eigenvalue weighted by Crippen LogP contribution is -2.51. The van der Waals surface area contributed by atoms with Crippen LogP contribution in [0.2, 0.25) is 0 Å². The highest BCUT2D eigenvalue weighted by Crippen LogP contribution is 2.18. The summed E-state index contributed by atoms with van der Waals surface area (Å²) in [6.07, 6.45) is 3.21. The quantitative estimate of drug-likeness (QED) is 0.802. The van der Waals surface area contributed by atoms with Gasteiger partial charge in [-0.25, -0.2) is 4.98 Å². The van der Waals surface area contributed by atoms with Gasteiger partial charge in [-0.2, -0.15) is 0 Å². The number of carbonyl (C=O) groups excluding carboxylic acids is 1. The van der Waals surface area contributed by atoms with Crippen LogP contribution < -0.4 is 15.8 Å². The van der Waals surface area contributed by atoms with Crippen LogP contribution in [0.4, 0.5) is 0 Å². The number of amides is 1. The maximum absolute atomic E-state index is 12.1. The van der Waals surface area contributed by atoms with E-state index in [0.717, 1.165) is 17.7 Å². The maximum Gasteiger partial charge on any atom is 0.240 e. The van der Waals surface area contributed by atoms with E-state index in [9.17, 15) is 4.79 Å². The fourth-order valence-corrected chi connectivity index (χ4v) is 2.20. The number of rotatable bonds is 7. The first-order chi connectivity index (χ1) is 11.0. The lowest BCUT2D eigenvalue weighted by atomic mass is 9.96. The third-order valence-corrected chi connectivity index (χ3v) is 3.50. The molecule has 1 heterocycles. The van der Waals surface area contributed by atoms with Crippen molar-refractivity contribution in [2.24, 2.45) is 5.73 Å². The number of hydrogen-bond donors (Lipinski definition) is 2. The Morgan fingerprint density at radius 2 is 1.96 bits per heavy atom. The van der Waals surface area contributed by atoms with E-state index in [-0.39, 0.29) is 18.3 Å². The predicted molar refractivity (Wildman–Crippen MR) is 97.3 cm³/mol. The van der Waals surface area contributed by atoms with Gasteiger partial charge in [-0.05, 0) is 31.0 Å². The molecular formula is C18H24ClN3O2. The minimum Gasteiger partial charge on any atom is -0.439 e. The highest BCUT2D eigenvalue weighted by molar-refractivity contribution is 5.85. The van der Waals surface area contributed by atoms with E-state index >= 15 is 0 Å². The van der Waals surface area contributed by atoms with Crippen LogP contribution in [0.15, 0.2) is 48.7 Å². The molecule has 0 aliphatic rings. The maximum atomic E-state index is 12.1. The molecule has 6 heteroatoms. The molecule has 130 valence electrons. The lowest BCUT2D eigenvalue weighted by molar-refractivity contribution is -0.126. The van der Waals surface area contributed by atoms with Crippen LogP contribution in [0.5, 0.6) is 11.6 Å². The SMILES string of the molecule is CCCC(C)(N)C(=O)NCc1ccc(Oc2ccccc2)nc1.Cl. The summed E-state index contributed by atoms with van der Waals surface area (Å²) in [6, 6.07) is 13.1. The van der Waals surface area contributed by atoms with Crippen LogP contribution >= 0.6 is 12.4 Å². The van der Waals surface area contributed by atoms with Gasteiger partial charge in [0.15, 0.2) is 0 Å². The van der Waals surface area contributed by atoms with Gasteiger partial charge in [0, 0.05) is 18.8 Å². The van der Waals surface area contributed by atoms with Crippen LogP contribution in [-0.4, -0.2) is 16.4 Å². The van der Waals surface area contributed by atoms with E-state index in [1.807, 2.05) is 43.3 Å². The van der Waals surface area contributed by atoms with Gasteiger partial charge in [0.25, 0.3) is 0 Å². The van der Waals surface area contributed by atoms with Crippen molar-refractivity contribution in [1.82, 2.24) is 10.3 Å². The monoisotopic (exact) mass is 349 g/mol. The van der Waals surface area contributed by atoms with Gasteiger partial charge in [0.1, 0.15) is 5.75 Å². The number of carbonyl (C=O) groups is 1. The molecule has 0 aliphatic carbocycles. The zero-order valence-corrected chi connectivity index (χ0v) is 14.8. The van der Waals surface area contributed by atoms with Gasteiger partial charge in [-0.3, -0.25) is 4.79 Å². The molecule has 0 spiro atoms. The molecule has 1 aromatic heterocycles. The summed E-state index contributed by atoms with van der Waals surface area (Å²) in [5.41, 5.74) is 6.06. The van der Waals surface area contributed by atoms with E-state index in [2.05, 4.69) is 10.3 Å². The summed E-state index contributed by atoms with van der Waals surface area (Å²) in [4.78, 5) is 16.3. The number of aromatic nitrogens is 1. The van der Waals surface area contributed by atoms with Crippen molar-refractivity contribution in [2.75, 3.05) is 0 Å². The van der Waals surface area contributed by atoms with Gasteiger partial charge in [-0.1, -0.05) is 37.6 Å². The highest BCUT2D eigenvalue weighted by Gasteiger charge is 2.26.